The van der Waals surface area contributed by atoms with E-state index < -0.39 is 80.4 Å². The Hall–Kier alpha value is -5.32. The summed E-state index contributed by atoms with van der Waals surface area (Å²) >= 11 is 0. The number of hydrogen-bond donors (Lipinski definition) is 3. The van der Waals surface area contributed by atoms with Crippen LogP contribution in [0.25, 0.3) is 0 Å². The number of carbonyl (C=O) groups excluding carboxylic acids is 4. The molecule has 0 bridgehead atoms. The number of likely N-dealkylation sites (tertiary alicyclic amines) is 1. The van der Waals surface area contributed by atoms with Crippen LogP contribution >= 0.6 is 0 Å². The normalized spacial score (nSPS) is 16.3. The Morgan fingerprint density at radius 3 is 2.32 bits per heavy atom. The van der Waals surface area contributed by atoms with E-state index in [2.05, 4.69) is 15.4 Å². The summed E-state index contributed by atoms with van der Waals surface area (Å²) in [6.07, 6.45) is -0.888. The molecule has 4 N–H and O–H groups in total. The summed E-state index contributed by atoms with van der Waals surface area (Å²) in [5.74, 6) is -7.87. The molecule has 1 fully saturated rings. The second-order valence-electron chi connectivity index (χ2n) is 11.0. The second-order valence-corrected chi connectivity index (χ2v) is 13.3. The molecule has 0 unspecified atom stereocenters. The minimum atomic E-state index is -4.02. The zero-order chi connectivity index (χ0) is 36.9. The summed E-state index contributed by atoms with van der Waals surface area (Å²) in [6, 6.07) is 5.38. The van der Waals surface area contributed by atoms with Gasteiger partial charge in [-0.15, -0.1) is 0 Å². The maximum absolute atomic E-state index is 15.2. The molecule has 50 heavy (non-hydrogen) atoms. The maximum atomic E-state index is 15.2. The van der Waals surface area contributed by atoms with Gasteiger partial charge in [0.1, 0.15) is 17.7 Å². The van der Waals surface area contributed by atoms with Crippen molar-refractivity contribution in [1.82, 2.24) is 4.90 Å². The van der Waals surface area contributed by atoms with Gasteiger partial charge in [-0.2, -0.15) is 0 Å². The summed E-state index contributed by atoms with van der Waals surface area (Å²) in [5, 5.41) is 5.09. The predicted molar refractivity (Wildman–Crippen MR) is 174 cm³/mol. The second kappa shape index (κ2) is 15.5. The standard InChI is InChI=1S/C33H35F3N4O9S/c1-5-49-32(43)19-11-12-40(29(19)21-14-18(38-33(44)48-4)8-10-27(21)50(45,46)6-2)31(42)28(17-7-9-22(34)26(13-17)47-3)39-25-15-20(30(37)41)23(35)16-24(25)36/h7-10,13-16,19,28-29,39H,5-6,11-12H2,1-4H3,(H2,37,41)(H,38,44)/t19-,28+,29+/m0/s1. The molecule has 4 rings (SSSR count). The smallest absolute Gasteiger partial charge is 0.411 e. The average molecular weight is 721 g/mol. The molecule has 3 aromatic carbocycles. The number of hydrogen-bond acceptors (Lipinski definition) is 10. The number of nitrogens with two attached hydrogens (primary N) is 1. The molecule has 13 nitrogen and oxygen atoms in total. The Labute approximate surface area is 285 Å². The van der Waals surface area contributed by atoms with Crippen LogP contribution in [0.15, 0.2) is 53.4 Å². The molecule has 1 saturated heterocycles. The van der Waals surface area contributed by atoms with Gasteiger partial charge < -0.3 is 30.2 Å². The Bertz CT molecular complexity index is 1930. The lowest BCUT2D eigenvalue weighted by Crippen LogP contribution is -2.40. The fraction of sp³-hybridized carbons (Fsp3) is 0.333. The van der Waals surface area contributed by atoms with E-state index in [0.29, 0.717) is 6.07 Å². The first-order chi connectivity index (χ1) is 23.7. The van der Waals surface area contributed by atoms with Crippen molar-refractivity contribution in [2.75, 3.05) is 43.8 Å². The molecule has 0 aliphatic carbocycles. The molecule has 3 atom stereocenters. The van der Waals surface area contributed by atoms with Gasteiger partial charge in [-0.3, -0.25) is 19.7 Å². The molecule has 0 radical (unpaired) electrons. The average Bonchev–Trinajstić information content (AvgIpc) is 3.53. The Morgan fingerprint density at radius 2 is 1.70 bits per heavy atom. The molecule has 1 aliphatic heterocycles. The van der Waals surface area contributed by atoms with Gasteiger partial charge in [-0.1, -0.05) is 13.0 Å². The van der Waals surface area contributed by atoms with Gasteiger partial charge in [0.2, 0.25) is 5.91 Å². The number of primary amides is 1. The number of sulfone groups is 1. The summed E-state index contributed by atoms with van der Waals surface area (Å²) in [7, 11) is -1.73. The van der Waals surface area contributed by atoms with Crippen molar-refractivity contribution in [1.29, 1.82) is 0 Å². The van der Waals surface area contributed by atoms with Crippen LogP contribution < -0.4 is 21.1 Å². The fourth-order valence-corrected chi connectivity index (χ4v) is 6.82. The monoisotopic (exact) mass is 720 g/mol. The van der Waals surface area contributed by atoms with Crippen LogP contribution in [0.3, 0.4) is 0 Å². The Balaban J connectivity index is 1.95. The number of benzene rings is 3. The number of amides is 3. The van der Waals surface area contributed by atoms with E-state index in [4.69, 9.17) is 15.2 Å². The third kappa shape index (κ3) is 7.77. The zero-order valence-corrected chi connectivity index (χ0v) is 28.2. The number of carbonyl (C=O) groups is 4. The molecular weight excluding hydrogens is 685 g/mol. The molecule has 0 aromatic heterocycles. The lowest BCUT2D eigenvalue weighted by Gasteiger charge is -2.33. The highest BCUT2D eigenvalue weighted by Gasteiger charge is 2.46. The minimum absolute atomic E-state index is 0.00823. The van der Waals surface area contributed by atoms with Crippen LogP contribution in [0.1, 0.15) is 53.8 Å². The van der Waals surface area contributed by atoms with Gasteiger partial charge in [0.15, 0.2) is 21.4 Å². The number of methoxy groups -OCH3 is 2. The zero-order valence-electron chi connectivity index (χ0n) is 27.4. The van der Waals surface area contributed by atoms with E-state index in [1.165, 1.54) is 43.2 Å². The van der Waals surface area contributed by atoms with E-state index in [0.717, 1.165) is 25.3 Å². The first-order valence-corrected chi connectivity index (χ1v) is 16.9. The van der Waals surface area contributed by atoms with Crippen molar-refractivity contribution in [3.8, 4) is 5.75 Å². The van der Waals surface area contributed by atoms with Crippen LogP contribution in [-0.2, 0) is 28.9 Å². The Morgan fingerprint density at radius 1 is 0.980 bits per heavy atom. The van der Waals surface area contributed by atoms with Crippen LogP contribution in [0.5, 0.6) is 5.75 Å². The van der Waals surface area contributed by atoms with Crippen molar-refractivity contribution in [2.45, 2.75) is 37.2 Å². The Kier molecular flexibility index (Phi) is 11.6. The number of nitrogens with zero attached hydrogens (tertiary/aromatic N) is 1. The highest BCUT2D eigenvalue weighted by atomic mass is 32.2. The van der Waals surface area contributed by atoms with E-state index in [1.807, 2.05) is 0 Å². The van der Waals surface area contributed by atoms with Gasteiger partial charge in [-0.25, -0.2) is 26.4 Å². The fourth-order valence-electron chi connectivity index (χ4n) is 5.70. The van der Waals surface area contributed by atoms with E-state index in [9.17, 15) is 36.4 Å². The number of ether oxygens (including phenoxy) is 3. The molecule has 17 heteroatoms. The molecular formula is C33H35F3N4O9S. The first-order valence-electron chi connectivity index (χ1n) is 15.2. The van der Waals surface area contributed by atoms with Crippen molar-refractivity contribution >= 4 is 45.1 Å². The van der Waals surface area contributed by atoms with Gasteiger partial charge in [0, 0.05) is 18.3 Å². The molecule has 268 valence electrons. The number of rotatable bonds is 12. The molecule has 1 aliphatic rings. The van der Waals surface area contributed by atoms with Crippen LogP contribution in [0.2, 0.25) is 0 Å². The van der Waals surface area contributed by atoms with Gasteiger partial charge in [-0.05, 0) is 60.9 Å². The molecule has 1 heterocycles. The van der Waals surface area contributed by atoms with Gasteiger partial charge in [0.05, 0.1) is 54.7 Å². The summed E-state index contributed by atoms with van der Waals surface area (Å²) < 4.78 is 85.9. The number of anilines is 2. The minimum Gasteiger partial charge on any atom is -0.494 e. The summed E-state index contributed by atoms with van der Waals surface area (Å²) in [6.45, 7) is 2.78. The third-order valence-corrected chi connectivity index (χ3v) is 9.93. The number of halogens is 3. The number of nitrogens with one attached hydrogen (secondary N) is 2. The third-order valence-electron chi connectivity index (χ3n) is 8.12. The van der Waals surface area contributed by atoms with Gasteiger partial charge >= 0.3 is 12.1 Å². The van der Waals surface area contributed by atoms with Crippen LogP contribution in [0.4, 0.5) is 29.3 Å². The molecule has 0 spiro atoms. The molecule has 3 aromatic rings. The maximum Gasteiger partial charge on any atom is 0.411 e. The van der Waals surface area contributed by atoms with Crippen molar-refractivity contribution in [3.63, 3.8) is 0 Å². The highest BCUT2D eigenvalue weighted by molar-refractivity contribution is 7.91. The molecule has 3 amide bonds. The topological polar surface area (TPSA) is 183 Å². The molecule has 0 saturated carbocycles. The summed E-state index contributed by atoms with van der Waals surface area (Å²) in [4.78, 5) is 53.0. The van der Waals surface area contributed by atoms with E-state index in [1.54, 1.807) is 6.92 Å². The lowest BCUT2D eigenvalue weighted by molar-refractivity contribution is -0.149. The van der Waals surface area contributed by atoms with Crippen molar-refractivity contribution in [2.24, 2.45) is 11.7 Å². The van der Waals surface area contributed by atoms with E-state index >= 15 is 4.39 Å². The van der Waals surface area contributed by atoms with Crippen molar-refractivity contribution < 1.29 is 55.0 Å². The first kappa shape index (κ1) is 37.5. The summed E-state index contributed by atoms with van der Waals surface area (Å²) in [5.41, 5.74) is 4.09. The SMILES string of the molecule is CCOC(=O)[C@H]1CCN(C(=O)[C@H](Nc2cc(C(N)=O)c(F)cc2F)c2ccc(F)c(OC)c2)[C@H]1c1cc(NC(=O)OC)ccc1S(=O)(=O)CC. The van der Waals surface area contributed by atoms with Crippen LogP contribution in [-0.4, -0.2) is 70.3 Å². The van der Waals surface area contributed by atoms with Gasteiger partial charge in [0.25, 0.3) is 5.91 Å². The number of esters is 1. The van der Waals surface area contributed by atoms with E-state index in [-0.39, 0.29) is 52.8 Å². The largest absolute Gasteiger partial charge is 0.494 e. The quantitative estimate of drug-likeness (QED) is 0.226. The highest BCUT2D eigenvalue weighted by Crippen LogP contribution is 2.44. The van der Waals surface area contributed by atoms with Crippen molar-refractivity contribution in [3.05, 3.63) is 82.7 Å². The van der Waals surface area contributed by atoms with Crippen LogP contribution in [0, 0.1) is 23.4 Å². The lowest BCUT2D eigenvalue weighted by atomic mass is 9.92. The predicted octanol–water partition coefficient (Wildman–Crippen LogP) is 4.49.